The maximum atomic E-state index is 5.71. The number of nitrogens with two attached hydrogens (primary N) is 1. The monoisotopic (exact) mass is 163 g/mol. The van der Waals surface area contributed by atoms with E-state index in [0.717, 1.165) is 11.3 Å². The highest BCUT2D eigenvalue weighted by atomic mass is 15.3. The van der Waals surface area contributed by atoms with Crippen LogP contribution >= 0.6 is 0 Å². The summed E-state index contributed by atoms with van der Waals surface area (Å²) in [6.07, 6.45) is 5.13. The van der Waals surface area contributed by atoms with E-state index >= 15 is 0 Å². The highest BCUT2D eigenvalue weighted by Crippen LogP contribution is 2.22. The van der Waals surface area contributed by atoms with Gasteiger partial charge in [-0.3, -0.25) is 9.78 Å². The van der Waals surface area contributed by atoms with Crippen molar-refractivity contribution in [3.8, 4) is 11.3 Å². The van der Waals surface area contributed by atoms with E-state index in [1.54, 1.807) is 23.3 Å². The van der Waals surface area contributed by atoms with Gasteiger partial charge in [0.2, 0.25) is 0 Å². The van der Waals surface area contributed by atoms with Crippen molar-refractivity contribution in [2.24, 2.45) is 7.05 Å². The van der Waals surface area contributed by atoms with Crippen LogP contribution in [0.1, 0.15) is 0 Å². The first-order valence-electron chi connectivity index (χ1n) is 3.55. The molecule has 0 atom stereocenters. The molecule has 3 N–H and O–H groups in total. The number of H-pyrrole nitrogens is 1. The number of nitrogens with zero attached hydrogens (tertiary/aromatic N) is 3. The summed E-state index contributed by atoms with van der Waals surface area (Å²) in [7, 11) is 1.85. The van der Waals surface area contributed by atoms with Crippen molar-refractivity contribution >= 4 is 5.69 Å². The summed E-state index contributed by atoms with van der Waals surface area (Å²) in [6, 6.07) is 0. The minimum absolute atomic E-state index is 0.666. The van der Waals surface area contributed by atoms with Crippen molar-refractivity contribution in [2.75, 3.05) is 5.73 Å². The Morgan fingerprint density at radius 3 is 2.83 bits per heavy atom. The average molecular weight is 163 g/mol. The van der Waals surface area contributed by atoms with Crippen LogP contribution < -0.4 is 5.73 Å². The molecule has 5 nitrogen and oxygen atoms in total. The summed E-state index contributed by atoms with van der Waals surface area (Å²) in [5.41, 5.74) is 8.22. The maximum absolute atomic E-state index is 5.71. The summed E-state index contributed by atoms with van der Waals surface area (Å²) < 4.78 is 1.72. The van der Waals surface area contributed by atoms with Crippen molar-refractivity contribution < 1.29 is 0 Å². The van der Waals surface area contributed by atoms with E-state index in [1.165, 1.54) is 0 Å². The van der Waals surface area contributed by atoms with Crippen LogP contribution in [0, 0.1) is 0 Å². The van der Waals surface area contributed by atoms with Crippen LogP contribution in [0.25, 0.3) is 11.3 Å². The molecule has 62 valence electrons. The van der Waals surface area contributed by atoms with Gasteiger partial charge < -0.3 is 5.73 Å². The molecule has 0 saturated heterocycles. The Hall–Kier alpha value is -1.78. The van der Waals surface area contributed by atoms with Crippen LogP contribution in [0.5, 0.6) is 0 Å². The quantitative estimate of drug-likeness (QED) is 0.638. The van der Waals surface area contributed by atoms with E-state index in [9.17, 15) is 0 Å². The number of hydrogen-bond donors (Lipinski definition) is 2. The molecule has 0 aromatic carbocycles. The molecule has 5 heteroatoms. The minimum Gasteiger partial charge on any atom is -0.396 e. The van der Waals surface area contributed by atoms with Gasteiger partial charge in [-0.1, -0.05) is 0 Å². The smallest absolute Gasteiger partial charge is 0.0940 e. The molecule has 0 saturated carbocycles. The Kier molecular flexibility index (Phi) is 1.36. The largest absolute Gasteiger partial charge is 0.396 e. The molecule has 0 bridgehead atoms. The Balaban J connectivity index is 2.60. The first-order chi connectivity index (χ1) is 5.79. The second kappa shape index (κ2) is 2.37. The van der Waals surface area contributed by atoms with Crippen LogP contribution in [0.2, 0.25) is 0 Å². The highest BCUT2D eigenvalue weighted by Gasteiger charge is 2.07. The molecule has 0 aliphatic heterocycles. The van der Waals surface area contributed by atoms with E-state index in [2.05, 4.69) is 15.3 Å². The Morgan fingerprint density at radius 1 is 1.50 bits per heavy atom. The normalized spacial score (nSPS) is 10.4. The lowest BCUT2D eigenvalue weighted by atomic mass is 10.2. The Bertz CT molecular complexity index is 353. The van der Waals surface area contributed by atoms with Crippen molar-refractivity contribution in [3.05, 3.63) is 18.6 Å². The number of aryl methyl sites for hydroxylation is 1. The van der Waals surface area contributed by atoms with Gasteiger partial charge in [-0.25, -0.2) is 0 Å². The predicted molar refractivity (Wildman–Crippen MR) is 45.2 cm³/mol. The van der Waals surface area contributed by atoms with Crippen LogP contribution in [0.4, 0.5) is 5.69 Å². The van der Waals surface area contributed by atoms with Gasteiger partial charge in [-0.05, 0) is 0 Å². The summed E-state index contributed by atoms with van der Waals surface area (Å²) >= 11 is 0. The highest BCUT2D eigenvalue weighted by molar-refractivity contribution is 5.71. The lowest BCUT2D eigenvalue weighted by Crippen LogP contribution is -1.94. The molecule has 2 heterocycles. The molecule has 0 aliphatic rings. The second-order valence-corrected chi connectivity index (χ2v) is 2.56. The Labute approximate surface area is 69.2 Å². The van der Waals surface area contributed by atoms with Crippen molar-refractivity contribution in [2.45, 2.75) is 0 Å². The van der Waals surface area contributed by atoms with Gasteiger partial charge in [0, 0.05) is 18.8 Å². The van der Waals surface area contributed by atoms with Crippen LogP contribution in [-0.2, 0) is 7.05 Å². The lowest BCUT2D eigenvalue weighted by molar-refractivity contribution is 0.776. The summed E-state index contributed by atoms with van der Waals surface area (Å²) in [5.74, 6) is 0. The number of nitrogen functional groups attached to an aromatic ring is 1. The minimum atomic E-state index is 0.666. The van der Waals surface area contributed by atoms with Gasteiger partial charge in [0.15, 0.2) is 0 Å². The van der Waals surface area contributed by atoms with E-state index in [0.29, 0.717) is 5.69 Å². The average Bonchev–Trinajstić information content (AvgIpc) is 2.61. The van der Waals surface area contributed by atoms with Gasteiger partial charge in [0.1, 0.15) is 0 Å². The zero-order valence-electron chi connectivity index (χ0n) is 6.65. The molecule has 2 aromatic heterocycles. The van der Waals surface area contributed by atoms with E-state index < -0.39 is 0 Å². The van der Waals surface area contributed by atoms with Gasteiger partial charge in [0.25, 0.3) is 0 Å². The summed E-state index contributed by atoms with van der Waals surface area (Å²) in [5, 5.41) is 10.6. The molecular weight excluding hydrogens is 154 g/mol. The molecule has 2 rings (SSSR count). The zero-order chi connectivity index (χ0) is 8.55. The third kappa shape index (κ3) is 0.868. The number of hydrogen-bond acceptors (Lipinski definition) is 3. The number of nitrogens with one attached hydrogen (secondary N) is 1. The number of aromatic amines is 1. The molecule has 0 aliphatic carbocycles. The zero-order valence-corrected chi connectivity index (χ0v) is 6.65. The number of anilines is 1. The number of aromatic nitrogens is 4. The van der Waals surface area contributed by atoms with Gasteiger partial charge >= 0.3 is 0 Å². The SMILES string of the molecule is Cn1ncc(N)c1-c1cn[nH]c1. The van der Waals surface area contributed by atoms with Gasteiger partial charge in [-0.2, -0.15) is 10.2 Å². The molecule has 0 fully saturated rings. The third-order valence-electron chi connectivity index (χ3n) is 1.74. The second-order valence-electron chi connectivity index (χ2n) is 2.56. The van der Waals surface area contributed by atoms with Crippen LogP contribution in [0.3, 0.4) is 0 Å². The van der Waals surface area contributed by atoms with Crippen molar-refractivity contribution in [1.29, 1.82) is 0 Å². The standard InChI is InChI=1S/C7H9N5/c1-12-7(6(8)4-11-12)5-2-9-10-3-5/h2-4H,8H2,1H3,(H,9,10). The fraction of sp³-hybridized carbons (Fsp3) is 0.143. The molecule has 0 spiro atoms. The summed E-state index contributed by atoms with van der Waals surface area (Å²) in [4.78, 5) is 0. The predicted octanol–water partition coefficient (Wildman–Crippen LogP) is 0.392. The first-order valence-corrected chi connectivity index (χ1v) is 3.55. The fourth-order valence-corrected chi connectivity index (χ4v) is 1.19. The topological polar surface area (TPSA) is 72.5 Å². The van der Waals surface area contributed by atoms with Crippen LogP contribution in [0.15, 0.2) is 18.6 Å². The van der Waals surface area contributed by atoms with E-state index in [1.807, 2.05) is 7.05 Å². The first kappa shape index (κ1) is 6.90. The molecule has 0 amide bonds. The third-order valence-corrected chi connectivity index (χ3v) is 1.74. The molecule has 2 aromatic rings. The van der Waals surface area contributed by atoms with E-state index in [-0.39, 0.29) is 0 Å². The lowest BCUT2D eigenvalue weighted by Gasteiger charge is -1.97. The van der Waals surface area contributed by atoms with Crippen LogP contribution in [-0.4, -0.2) is 20.0 Å². The molecule has 0 unspecified atom stereocenters. The van der Waals surface area contributed by atoms with E-state index in [4.69, 9.17) is 5.73 Å². The molecular formula is C7H9N5. The maximum Gasteiger partial charge on any atom is 0.0940 e. The van der Waals surface area contributed by atoms with Gasteiger partial charge in [0.05, 0.1) is 23.8 Å². The van der Waals surface area contributed by atoms with Gasteiger partial charge in [-0.15, -0.1) is 0 Å². The van der Waals surface area contributed by atoms with Crippen molar-refractivity contribution in [3.63, 3.8) is 0 Å². The number of rotatable bonds is 1. The molecule has 12 heavy (non-hydrogen) atoms. The summed E-state index contributed by atoms with van der Waals surface area (Å²) in [6.45, 7) is 0. The Morgan fingerprint density at radius 2 is 2.33 bits per heavy atom. The van der Waals surface area contributed by atoms with Crippen molar-refractivity contribution in [1.82, 2.24) is 20.0 Å². The molecule has 0 radical (unpaired) electrons. The fourth-order valence-electron chi connectivity index (χ4n) is 1.19.